The van der Waals surface area contributed by atoms with Gasteiger partial charge < -0.3 is 0 Å². The molecule has 0 aliphatic carbocycles. The van der Waals surface area contributed by atoms with E-state index in [0.717, 1.165) is 11.1 Å². The number of H-pyrrole nitrogens is 1. The highest BCUT2D eigenvalue weighted by molar-refractivity contribution is 7.12. The second-order valence-electron chi connectivity index (χ2n) is 7.82. The molecule has 0 fully saturated rings. The van der Waals surface area contributed by atoms with E-state index in [2.05, 4.69) is 15.1 Å². The number of hydrogen-bond acceptors (Lipinski definition) is 5. The fourth-order valence-corrected chi connectivity index (χ4v) is 4.65. The summed E-state index contributed by atoms with van der Waals surface area (Å²) in [5, 5.41) is 5.42. The number of carbonyl (C=O) groups excluding carboxylic acids is 1. The lowest BCUT2D eigenvalue weighted by Crippen LogP contribution is -2.31. The van der Waals surface area contributed by atoms with Crippen LogP contribution in [0.1, 0.15) is 32.1 Å². The van der Waals surface area contributed by atoms with E-state index in [1.54, 1.807) is 25.1 Å². The second kappa shape index (κ2) is 9.24. The van der Waals surface area contributed by atoms with Crippen LogP contribution in [0, 0.1) is 6.92 Å². The molecule has 7 nitrogen and oxygen atoms in total. The van der Waals surface area contributed by atoms with E-state index >= 15 is 0 Å². The molecule has 0 radical (unpaired) electrons. The fraction of sp³-hybridized carbons (Fsp3) is 0.120. The quantitative estimate of drug-likeness (QED) is 0.368. The molecule has 0 unspecified atom stereocenters. The maximum absolute atomic E-state index is 13.4. The molecule has 0 aliphatic heterocycles. The Morgan fingerprint density at radius 3 is 2.59 bits per heavy atom. The SMILES string of the molecule is Cc1nc2nc(N(Cc3cccc(Cl)c3)C(=O)c3cccs3)[nH]n2c(=O)c1Cc1ccccc1. The Balaban J connectivity index is 1.58. The molecule has 0 bridgehead atoms. The molecule has 34 heavy (non-hydrogen) atoms. The van der Waals surface area contributed by atoms with Crippen molar-refractivity contribution in [1.82, 2.24) is 19.6 Å². The molecule has 5 aromatic rings. The summed E-state index contributed by atoms with van der Waals surface area (Å²) >= 11 is 7.50. The first-order valence-corrected chi connectivity index (χ1v) is 11.9. The zero-order valence-electron chi connectivity index (χ0n) is 18.2. The Bertz CT molecular complexity index is 1530. The lowest BCUT2D eigenvalue weighted by atomic mass is 10.1. The third kappa shape index (κ3) is 4.37. The topological polar surface area (TPSA) is 83.4 Å². The maximum Gasteiger partial charge on any atom is 0.277 e. The van der Waals surface area contributed by atoms with Crippen LogP contribution in [-0.2, 0) is 13.0 Å². The summed E-state index contributed by atoms with van der Waals surface area (Å²) in [6.07, 6.45) is 0.455. The van der Waals surface area contributed by atoms with Gasteiger partial charge in [-0.1, -0.05) is 60.1 Å². The summed E-state index contributed by atoms with van der Waals surface area (Å²) in [7, 11) is 0. The number of carbonyl (C=O) groups is 1. The zero-order chi connectivity index (χ0) is 23.7. The zero-order valence-corrected chi connectivity index (χ0v) is 19.8. The van der Waals surface area contributed by atoms with Crippen molar-refractivity contribution in [3.63, 3.8) is 0 Å². The predicted molar refractivity (Wildman–Crippen MR) is 134 cm³/mol. The second-order valence-corrected chi connectivity index (χ2v) is 9.21. The van der Waals surface area contributed by atoms with Crippen molar-refractivity contribution in [3.05, 3.63) is 115 Å². The van der Waals surface area contributed by atoms with Crippen molar-refractivity contribution in [3.8, 4) is 0 Å². The maximum atomic E-state index is 13.4. The monoisotopic (exact) mass is 489 g/mol. The number of benzene rings is 2. The highest BCUT2D eigenvalue weighted by atomic mass is 35.5. The van der Waals surface area contributed by atoms with Gasteiger partial charge in [0, 0.05) is 17.0 Å². The predicted octanol–water partition coefficient (Wildman–Crippen LogP) is 4.88. The van der Waals surface area contributed by atoms with Crippen LogP contribution >= 0.6 is 22.9 Å². The number of aryl methyl sites for hydroxylation is 1. The lowest BCUT2D eigenvalue weighted by Gasteiger charge is -2.19. The van der Waals surface area contributed by atoms with E-state index in [0.29, 0.717) is 27.6 Å². The first-order chi connectivity index (χ1) is 16.5. The minimum Gasteiger partial charge on any atom is -0.272 e. The van der Waals surface area contributed by atoms with E-state index in [4.69, 9.17) is 11.6 Å². The van der Waals surface area contributed by atoms with Gasteiger partial charge in [-0.15, -0.1) is 11.3 Å². The number of fused-ring (bicyclic) bond motifs is 1. The first-order valence-electron chi connectivity index (χ1n) is 10.6. The summed E-state index contributed by atoms with van der Waals surface area (Å²) < 4.78 is 1.30. The number of rotatable bonds is 6. The number of hydrogen-bond donors (Lipinski definition) is 1. The van der Waals surface area contributed by atoms with Crippen LogP contribution in [0.5, 0.6) is 0 Å². The molecule has 0 atom stereocenters. The van der Waals surface area contributed by atoms with Gasteiger partial charge in [-0.05, 0) is 41.6 Å². The van der Waals surface area contributed by atoms with Crippen molar-refractivity contribution in [2.45, 2.75) is 19.9 Å². The molecule has 0 saturated heterocycles. The fourth-order valence-electron chi connectivity index (χ4n) is 3.76. The summed E-state index contributed by atoms with van der Waals surface area (Å²) in [6.45, 7) is 2.02. The van der Waals surface area contributed by atoms with E-state index in [9.17, 15) is 9.59 Å². The molecule has 3 aromatic heterocycles. The average molecular weight is 490 g/mol. The van der Waals surface area contributed by atoms with E-state index in [1.165, 1.54) is 20.8 Å². The molecule has 1 N–H and O–H groups in total. The standard InChI is InChI=1S/C25H20ClN5O2S/c1-16-20(14-17-7-3-2-4-8-17)22(32)31-24(27-16)28-25(29-31)30(23(33)21-11-6-12-34-21)15-18-9-5-10-19(26)13-18/h2-13H,14-15H2,1H3,(H,27,28,29). The Hall–Kier alpha value is -3.75. The van der Waals surface area contributed by atoms with Crippen molar-refractivity contribution in [1.29, 1.82) is 0 Å². The van der Waals surface area contributed by atoms with Crippen LogP contribution in [0.3, 0.4) is 0 Å². The van der Waals surface area contributed by atoms with Gasteiger partial charge in [-0.2, -0.15) is 9.50 Å². The van der Waals surface area contributed by atoms with Crippen molar-refractivity contribution < 1.29 is 4.79 Å². The van der Waals surface area contributed by atoms with Crippen LogP contribution in [0.2, 0.25) is 5.02 Å². The first kappa shape index (κ1) is 22.1. The molecule has 9 heteroatoms. The Morgan fingerprint density at radius 2 is 1.85 bits per heavy atom. The number of anilines is 1. The van der Waals surface area contributed by atoms with Crippen LogP contribution in [0.15, 0.2) is 76.9 Å². The van der Waals surface area contributed by atoms with Crippen molar-refractivity contribution in [2.24, 2.45) is 0 Å². The Kier molecular flexibility index (Phi) is 6.00. The van der Waals surface area contributed by atoms with Gasteiger partial charge in [0.15, 0.2) is 0 Å². The van der Waals surface area contributed by atoms with E-state index in [-0.39, 0.29) is 29.7 Å². The third-order valence-corrected chi connectivity index (χ3v) is 6.56. The van der Waals surface area contributed by atoms with Gasteiger partial charge in [0.25, 0.3) is 17.2 Å². The Morgan fingerprint density at radius 1 is 1.06 bits per heavy atom. The van der Waals surface area contributed by atoms with Gasteiger partial charge in [-0.25, -0.2) is 4.98 Å². The average Bonchev–Trinajstić information content (AvgIpc) is 3.51. The van der Waals surface area contributed by atoms with Gasteiger partial charge >= 0.3 is 0 Å². The molecule has 3 heterocycles. The van der Waals surface area contributed by atoms with Crippen LogP contribution in [0.25, 0.3) is 5.78 Å². The molecule has 0 saturated carbocycles. The number of halogens is 1. The van der Waals surface area contributed by atoms with Gasteiger partial charge in [0.2, 0.25) is 5.95 Å². The van der Waals surface area contributed by atoms with Crippen LogP contribution < -0.4 is 10.5 Å². The summed E-state index contributed by atoms with van der Waals surface area (Å²) in [6, 6.07) is 20.6. The Labute approximate surface area is 204 Å². The van der Waals surface area contributed by atoms with Gasteiger partial charge in [0.1, 0.15) is 0 Å². The number of amides is 1. The molecule has 170 valence electrons. The normalized spacial score (nSPS) is 11.1. The molecular formula is C25H20ClN5O2S. The van der Waals surface area contributed by atoms with E-state index in [1.807, 2.05) is 53.9 Å². The number of nitrogens with one attached hydrogen (secondary N) is 1. The van der Waals surface area contributed by atoms with Crippen molar-refractivity contribution >= 4 is 40.6 Å². The van der Waals surface area contributed by atoms with Crippen LogP contribution in [0.4, 0.5) is 5.95 Å². The smallest absolute Gasteiger partial charge is 0.272 e. The summed E-state index contributed by atoms with van der Waals surface area (Å²) in [5.41, 5.74) is 2.79. The number of aromatic amines is 1. The van der Waals surface area contributed by atoms with E-state index < -0.39 is 0 Å². The van der Waals surface area contributed by atoms with Gasteiger partial charge in [0.05, 0.1) is 17.1 Å². The number of nitrogens with zero attached hydrogens (tertiary/aromatic N) is 4. The summed E-state index contributed by atoms with van der Waals surface area (Å²) in [5.74, 6) is 0.215. The molecular weight excluding hydrogens is 470 g/mol. The lowest BCUT2D eigenvalue weighted by molar-refractivity contribution is 0.0987. The minimum absolute atomic E-state index is 0.212. The molecule has 2 aromatic carbocycles. The van der Waals surface area contributed by atoms with Crippen molar-refractivity contribution in [2.75, 3.05) is 4.90 Å². The van der Waals surface area contributed by atoms with Gasteiger partial charge in [-0.3, -0.25) is 19.6 Å². The third-order valence-electron chi connectivity index (χ3n) is 5.47. The largest absolute Gasteiger partial charge is 0.277 e. The highest BCUT2D eigenvalue weighted by Crippen LogP contribution is 2.21. The summed E-state index contributed by atoms with van der Waals surface area (Å²) in [4.78, 5) is 37.8. The molecule has 0 aliphatic rings. The number of thiophene rings is 1. The highest BCUT2D eigenvalue weighted by Gasteiger charge is 2.24. The molecule has 0 spiro atoms. The molecule has 1 amide bonds. The molecule has 5 rings (SSSR count). The number of aromatic nitrogens is 4. The minimum atomic E-state index is -0.239. The van der Waals surface area contributed by atoms with Crippen LogP contribution in [-0.4, -0.2) is 25.5 Å².